The molecule has 0 bridgehead atoms. The smallest absolute Gasteiger partial charge is 0.261 e. The molecule has 0 spiro atoms. The van der Waals surface area contributed by atoms with Crippen LogP contribution in [0.3, 0.4) is 0 Å². The molecule has 3 heterocycles. The molecule has 0 aliphatic carbocycles. The van der Waals surface area contributed by atoms with Crippen molar-refractivity contribution < 1.29 is 9.59 Å². The van der Waals surface area contributed by atoms with Gasteiger partial charge in [0.25, 0.3) is 11.8 Å². The van der Waals surface area contributed by atoms with Crippen LogP contribution in [0.25, 0.3) is 10.8 Å². The number of anilines is 1. The maximum absolute atomic E-state index is 13.1. The lowest BCUT2D eigenvalue weighted by atomic mass is 9.93. The van der Waals surface area contributed by atoms with E-state index in [4.69, 9.17) is 0 Å². The first-order valence-corrected chi connectivity index (χ1v) is 12.8. The molecular formula is C30H31N5O2. The van der Waals surface area contributed by atoms with E-state index in [9.17, 15) is 9.59 Å². The fourth-order valence-corrected chi connectivity index (χ4v) is 4.82. The van der Waals surface area contributed by atoms with Crippen LogP contribution in [-0.2, 0) is 13.1 Å². The SMILES string of the molecule is CCCCN1C(=O)c2cccc3c(NCCN(Cc4ccccn4)Cc4ccccn4)ccc(c23)C1=O. The van der Waals surface area contributed by atoms with Crippen LogP contribution in [0.4, 0.5) is 5.69 Å². The standard InChI is InChI=1S/C30H31N5O2/c1-2-3-18-35-29(36)25-12-8-11-24-27(14-13-26(28(24)25)30(35)37)33-17-19-34(20-22-9-4-6-15-31-22)21-23-10-5-7-16-32-23/h4-16,33H,2-3,17-21H2,1H3. The molecule has 1 aliphatic heterocycles. The van der Waals surface area contributed by atoms with Crippen molar-refractivity contribution in [2.24, 2.45) is 0 Å². The number of pyridine rings is 2. The summed E-state index contributed by atoms with van der Waals surface area (Å²) in [5.74, 6) is -0.406. The Balaban J connectivity index is 1.35. The van der Waals surface area contributed by atoms with E-state index in [-0.39, 0.29) is 11.8 Å². The number of rotatable bonds is 11. The van der Waals surface area contributed by atoms with E-state index >= 15 is 0 Å². The highest BCUT2D eigenvalue weighted by Gasteiger charge is 2.32. The molecule has 4 aromatic rings. The Labute approximate surface area is 217 Å². The van der Waals surface area contributed by atoms with Crippen LogP contribution in [0.1, 0.15) is 51.9 Å². The Morgan fingerprint density at radius 3 is 2.11 bits per heavy atom. The lowest BCUT2D eigenvalue weighted by molar-refractivity contribution is 0.0608. The molecule has 0 atom stereocenters. The van der Waals surface area contributed by atoms with Gasteiger partial charge in [-0.25, -0.2) is 0 Å². The van der Waals surface area contributed by atoms with Gasteiger partial charge in [0.1, 0.15) is 0 Å². The Morgan fingerprint density at radius 2 is 1.49 bits per heavy atom. The first-order chi connectivity index (χ1) is 18.2. The van der Waals surface area contributed by atoms with Crippen LogP contribution in [0.15, 0.2) is 79.1 Å². The predicted octanol–water partition coefficient (Wildman–Crippen LogP) is 5.14. The van der Waals surface area contributed by atoms with Gasteiger partial charge in [0.05, 0.1) is 11.4 Å². The van der Waals surface area contributed by atoms with Gasteiger partial charge >= 0.3 is 0 Å². The number of hydrogen-bond donors (Lipinski definition) is 1. The van der Waals surface area contributed by atoms with Gasteiger partial charge in [0, 0.05) is 72.7 Å². The lowest BCUT2D eigenvalue weighted by Crippen LogP contribution is -2.40. The number of nitrogens with one attached hydrogen (secondary N) is 1. The van der Waals surface area contributed by atoms with Crippen molar-refractivity contribution in [1.29, 1.82) is 0 Å². The summed E-state index contributed by atoms with van der Waals surface area (Å²) in [5, 5.41) is 5.19. The molecule has 0 unspecified atom stereocenters. The summed E-state index contributed by atoms with van der Waals surface area (Å²) in [6, 6.07) is 21.4. The molecular weight excluding hydrogens is 462 g/mol. The monoisotopic (exact) mass is 493 g/mol. The number of amides is 2. The third kappa shape index (κ3) is 5.37. The highest BCUT2D eigenvalue weighted by Crippen LogP contribution is 2.34. The Kier molecular flexibility index (Phi) is 7.51. The first kappa shape index (κ1) is 24.6. The average Bonchev–Trinajstić information content (AvgIpc) is 2.93. The summed E-state index contributed by atoms with van der Waals surface area (Å²) < 4.78 is 0. The zero-order chi connectivity index (χ0) is 25.6. The van der Waals surface area contributed by atoms with Crippen LogP contribution in [0.2, 0.25) is 0 Å². The molecule has 7 heteroatoms. The van der Waals surface area contributed by atoms with Gasteiger partial charge in [-0.05, 0) is 48.9 Å². The highest BCUT2D eigenvalue weighted by atomic mass is 16.2. The van der Waals surface area contributed by atoms with E-state index in [1.54, 1.807) is 0 Å². The zero-order valence-electron chi connectivity index (χ0n) is 21.1. The van der Waals surface area contributed by atoms with Crippen LogP contribution in [0, 0.1) is 0 Å². The molecule has 1 aliphatic rings. The molecule has 1 N–H and O–H groups in total. The molecule has 2 aromatic carbocycles. The predicted molar refractivity (Wildman–Crippen MR) is 145 cm³/mol. The third-order valence-corrected chi connectivity index (χ3v) is 6.69. The molecule has 188 valence electrons. The summed E-state index contributed by atoms with van der Waals surface area (Å²) >= 11 is 0. The van der Waals surface area contributed by atoms with Gasteiger partial charge in [0.15, 0.2) is 0 Å². The largest absolute Gasteiger partial charge is 0.383 e. The molecule has 2 amide bonds. The number of aromatic nitrogens is 2. The second kappa shape index (κ2) is 11.3. The van der Waals surface area contributed by atoms with Crippen molar-refractivity contribution in [3.05, 3.63) is 102 Å². The molecule has 0 radical (unpaired) electrons. The van der Waals surface area contributed by atoms with E-state index in [0.717, 1.165) is 47.2 Å². The van der Waals surface area contributed by atoms with E-state index in [1.165, 1.54) is 4.90 Å². The minimum absolute atomic E-state index is 0.203. The second-order valence-electron chi connectivity index (χ2n) is 9.28. The maximum Gasteiger partial charge on any atom is 0.261 e. The number of benzene rings is 2. The van der Waals surface area contributed by atoms with E-state index < -0.39 is 0 Å². The lowest BCUT2D eigenvalue weighted by Gasteiger charge is -2.28. The van der Waals surface area contributed by atoms with Gasteiger partial charge < -0.3 is 5.32 Å². The van der Waals surface area contributed by atoms with Crippen LogP contribution < -0.4 is 5.32 Å². The van der Waals surface area contributed by atoms with Gasteiger partial charge in [-0.15, -0.1) is 0 Å². The first-order valence-electron chi connectivity index (χ1n) is 12.8. The molecule has 5 rings (SSSR count). The van der Waals surface area contributed by atoms with Crippen LogP contribution >= 0.6 is 0 Å². The van der Waals surface area contributed by atoms with Crippen molar-refractivity contribution in [3.63, 3.8) is 0 Å². The summed E-state index contributed by atoms with van der Waals surface area (Å²) in [6.45, 7) is 5.37. The van der Waals surface area contributed by atoms with E-state index in [2.05, 4.69) is 27.1 Å². The molecule has 0 saturated carbocycles. The fourth-order valence-electron chi connectivity index (χ4n) is 4.82. The molecule has 7 nitrogen and oxygen atoms in total. The number of carbonyl (C=O) groups is 2. The van der Waals surface area contributed by atoms with Crippen molar-refractivity contribution >= 4 is 28.3 Å². The number of unbranched alkanes of at least 4 members (excludes halogenated alkanes) is 1. The third-order valence-electron chi connectivity index (χ3n) is 6.69. The number of carbonyl (C=O) groups excluding carboxylic acids is 2. The zero-order valence-corrected chi connectivity index (χ0v) is 21.1. The van der Waals surface area contributed by atoms with Gasteiger partial charge in [-0.1, -0.05) is 37.6 Å². The molecule has 0 saturated heterocycles. The van der Waals surface area contributed by atoms with Crippen molar-refractivity contribution in [1.82, 2.24) is 19.8 Å². The minimum Gasteiger partial charge on any atom is -0.383 e. The summed E-state index contributed by atoms with van der Waals surface area (Å²) in [6.07, 6.45) is 5.35. The minimum atomic E-state index is -0.203. The maximum atomic E-state index is 13.1. The van der Waals surface area contributed by atoms with E-state index in [0.29, 0.717) is 37.3 Å². The topological polar surface area (TPSA) is 78.4 Å². The normalized spacial score (nSPS) is 13.0. The van der Waals surface area contributed by atoms with E-state index in [1.807, 2.05) is 79.1 Å². The van der Waals surface area contributed by atoms with Gasteiger partial charge in [0.2, 0.25) is 0 Å². The Bertz CT molecular complexity index is 1330. The Hall–Kier alpha value is -4.10. The van der Waals surface area contributed by atoms with Gasteiger partial charge in [-0.3, -0.25) is 29.4 Å². The highest BCUT2D eigenvalue weighted by molar-refractivity contribution is 6.26. The molecule has 2 aromatic heterocycles. The van der Waals surface area contributed by atoms with Crippen LogP contribution in [-0.4, -0.2) is 51.2 Å². The fraction of sp³-hybridized carbons (Fsp3) is 0.267. The average molecular weight is 494 g/mol. The van der Waals surface area contributed by atoms with Crippen molar-refractivity contribution in [2.75, 3.05) is 25.0 Å². The molecule has 37 heavy (non-hydrogen) atoms. The van der Waals surface area contributed by atoms with Crippen molar-refractivity contribution in [3.8, 4) is 0 Å². The molecule has 0 fully saturated rings. The summed E-state index contributed by atoms with van der Waals surface area (Å²) in [7, 11) is 0. The van der Waals surface area contributed by atoms with Crippen molar-refractivity contribution in [2.45, 2.75) is 32.9 Å². The summed E-state index contributed by atoms with van der Waals surface area (Å²) in [5.41, 5.74) is 4.12. The second-order valence-corrected chi connectivity index (χ2v) is 9.28. The van der Waals surface area contributed by atoms with Crippen LogP contribution in [0.5, 0.6) is 0 Å². The Morgan fingerprint density at radius 1 is 0.811 bits per heavy atom. The number of imide groups is 1. The van der Waals surface area contributed by atoms with Gasteiger partial charge in [-0.2, -0.15) is 0 Å². The number of nitrogens with zero attached hydrogens (tertiary/aromatic N) is 4. The number of hydrogen-bond acceptors (Lipinski definition) is 6. The quantitative estimate of drug-likeness (QED) is 0.292. The summed E-state index contributed by atoms with van der Waals surface area (Å²) in [4.78, 5) is 39.0.